The molecule has 24 heavy (non-hydrogen) atoms. The zero-order valence-corrected chi connectivity index (χ0v) is 15.7. The molecule has 0 unspecified atom stereocenters. The third-order valence-electron chi connectivity index (χ3n) is 5.10. The highest BCUT2D eigenvalue weighted by molar-refractivity contribution is 7.21. The number of nitrogens with two attached hydrogens (primary N) is 1. The first-order chi connectivity index (χ1) is 11.4. The fourth-order valence-electron chi connectivity index (χ4n) is 3.54. The number of hydrogen-bond donors (Lipinski definition) is 2. The topological polar surface area (TPSA) is 71.2 Å². The minimum atomic E-state index is -0.146. The van der Waals surface area contributed by atoms with Crippen LogP contribution in [0.25, 0.3) is 10.2 Å². The van der Waals surface area contributed by atoms with Gasteiger partial charge in [-0.15, -0.1) is 11.3 Å². The van der Waals surface area contributed by atoms with Crippen molar-refractivity contribution in [2.75, 3.05) is 25.9 Å². The number of anilines is 1. The molecule has 1 aliphatic heterocycles. The van der Waals surface area contributed by atoms with Gasteiger partial charge in [0, 0.05) is 36.1 Å². The number of rotatable bonds is 3. The first-order valence-electron chi connectivity index (χ1n) is 8.51. The predicted molar refractivity (Wildman–Crippen MR) is 101 cm³/mol. The molecular weight excluding hydrogens is 320 g/mol. The van der Waals surface area contributed by atoms with Gasteiger partial charge in [-0.2, -0.15) is 0 Å². The molecule has 3 N–H and O–H groups in total. The standard InChI is InChI=1S/C18H26N4OS/c1-11(2)22-9-5-8-18(3,10-22)13-7-6-12-14(19)15(16(23)20-4)24-17(12)21-13/h6-7,11H,5,8-10,19H2,1-4H3,(H,20,23)/t18-/m0/s1. The van der Waals surface area contributed by atoms with Gasteiger partial charge >= 0.3 is 0 Å². The number of carbonyl (C=O) groups is 1. The maximum Gasteiger partial charge on any atom is 0.263 e. The normalized spacial score (nSPS) is 22.2. The molecular formula is C18H26N4OS. The van der Waals surface area contributed by atoms with Crippen molar-refractivity contribution in [2.24, 2.45) is 0 Å². The average molecular weight is 347 g/mol. The van der Waals surface area contributed by atoms with Crippen molar-refractivity contribution in [1.82, 2.24) is 15.2 Å². The Bertz CT molecular complexity index is 770. The molecule has 3 heterocycles. The zero-order chi connectivity index (χ0) is 17.5. The second kappa shape index (κ2) is 6.33. The van der Waals surface area contributed by atoms with Gasteiger partial charge < -0.3 is 16.0 Å². The van der Waals surface area contributed by atoms with Crippen molar-refractivity contribution >= 4 is 33.1 Å². The monoisotopic (exact) mass is 346 g/mol. The molecule has 1 saturated heterocycles. The van der Waals surface area contributed by atoms with Gasteiger partial charge in [-0.25, -0.2) is 4.98 Å². The second-order valence-electron chi connectivity index (χ2n) is 7.20. The van der Waals surface area contributed by atoms with E-state index in [-0.39, 0.29) is 11.3 Å². The smallest absolute Gasteiger partial charge is 0.263 e. The zero-order valence-electron chi connectivity index (χ0n) is 14.8. The molecule has 1 aliphatic rings. The van der Waals surface area contributed by atoms with Gasteiger partial charge in [0.2, 0.25) is 0 Å². The summed E-state index contributed by atoms with van der Waals surface area (Å²) in [6.45, 7) is 8.97. The van der Waals surface area contributed by atoms with E-state index >= 15 is 0 Å². The third kappa shape index (κ3) is 2.89. The Labute approximate surface area is 147 Å². The van der Waals surface area contributed by atoms with Gasteiger partial charge in [0.25, 0.3) is 5.91 Å². The van der Waals surface area contributed by atoms with Crippen LogP contribution in [0.15, 0.2) is 12.1 Å². The summed E-state index contributed by atoms with van der Waals surface area (Å²) in [4.78, 5) is 20.8. The number of pyridine rings is 1. The molecule has 0 saturated carbocycles. The molecule has 6 heteroatoms. The van der Waals surface area contributed by atoms with E-state index in [9.17, 15) is 4.79 Å². The number of amides is 1. The number of carbonyl (C=O) groups excluding carboxylic acids is 1. The minimum Gasteiger partial charge on any atom is -0.397 e. The van der Waals surface area contributed by atoms with Crippen LogP contribution >= 0.6 is 11.3 Å². The molecule has 0 spiro atoms. The summed E-state index contributed by atoms with van der Waals surface area (Å²) in [6, 6.07) is 4.66. The number of nitrogens with zero attached hydrogens (tertiary/aromatic N) is 2. The Morgan fingerprint density at radius 1 is 1.46 bits per heavy atom. The molecule has 5 nitrogen and oxygen atoms in total. The summed E-state index contributed by atoms with van der Waals surface area (Å²) in [6.07, 6.45) is 2.32. The van der Waals surface area contributed by atoms with E-state index in [4.69, 9.17) is 10.7 Å². The van der Waals surface area contributed by atoms with Crippen LogP contribution < -0.4 is 11.1 Å². The van der Waals surface area contributed by atoms with Gasteiger partial charge in [-0.1, -0.05) is 6.92 Å². The summed E-state index contributed by atoms with van der Waals surface area (Å²) in [5, 5.41) is 3.52. The van der Waals surface area contributed by atoms with Gasteiger partial charge in [0.15, 0.2) is 0 Å². The molecule has 0 aliphatic carbocycles. The quantitative estimate of drug-likeness (QED) is 0.896. The lowest BCUT2D eigenvalue weighted by Gasteiger charge is -2.42. The second-order valence-corrected chi connectivity index (χ2v) is 8.20. The van der Waals surface area contributed by atoms with Crippen LogP contribution in [-0.4, -0.2) is 42.0 Å². The highest BCUT2D eigenvalue weighted by Crippen LogP contribution is 2.37. The van der Waals surface area contributed by atoms with E-state index in [2.05, 4.69) is 37.1 Å². The van der Waals surface area contributed by atoms with Crippen LogP contribution in [0, 0.1) is 0 Å². The molecule has 130 valence electrons. The number of fused-ring (bicyclic) bond motifs is 1. The van der Waals surface area contributed by atoms with Crippen LogP contribution in [0.3, 0.4) is 0 Å². The van der Waals surface area contributed by atoms with Crippen molar-refractivity contribution in [2.45, 2.75) is 45.1 Å². The first kappa shape index (κ1) is 17.2. The van der Waals surface area contributed by atoms with E-state index in [1.54, 1.807) is 7.05 Å². The van der Waals surface area contributed by atoms with Crippen molar-refractivity contribution in [1.29, 1.82) is 0 Å². The van der Waals surface area contributed by atoms with Gasteiger partial charge in [0.1, 0.15) is 9.71 Å². The van der Waals surface area contributed by atoms with E-state index in [0.717, 1.165) is 35.4 Å². The van der Waals surface area contributed by atoms with Gasteiger partial charge in [-0.05, 0) is 45.4 Å². The summed E-state index contributed by atoms with van der Waals surface area (Å²) < 4.78 is 0. The van der Waals surface area contributed by atoms with Crippen LogP contribution in [0.1, 0.15) is 49.0 Å². The van der Waals surface area contributed by atoms with E-state index < -0.39 is 0 Å². The number of nitrogen functional groups attached to an aromatic ring is 1. The molecule has 1 fully saturated rings. The van der Waals surface area contributed by atoms with E-state index in [1.165, 1.54) is 17.8 Å². The fraction of sp³-hybridized carbons (Fsp3) is 0.556. The van der Waals surface area contributed by atoms with Gasteiger partial charge in [-0.3, -0.25) is 4.79 Å². The number of nitrogens with one attached hydrogen (secondary N) is 1. The lowest BCUT2D eigenvalue weighted by atomic mass is 9.78. The fourth-order valence-corrected chi connectivity index (χ4v) is 4.58. The predicted octanol–water partition coefficient (Wildman–Crippen LogP) is 3.00. The van der Waals surface area contributed by atoms with Crippen molar-refractivity contribution in [3.8, 4) is 0 Å². The van der Waals surface area contributed by atoms with E-state index in [0.29, 0.717) is 16.6 Å². The molecule has 1 amide bonds. The maximum absolute atomic E-state index is 12.0. The Morgan fingerprint density at radius 2 is 2.21 bits per heavy atom. The highest BCUT2D eigenvalue weighted by Gasteiger charge is 2.35. The maximum atomic E-state index is 12.0. The van der Waals surface area contributed by atoms with E-state index in [1.807, 2.05) is 6.07 Å². The highest BCUT2D eigenvalue weighted by atomic mass is 32.1. The minimum absolute atomic E-state index is 0.0443. The molecule has 0 radical (unpaired) electrons. The molecule has 3 rings (SSSR count). The molecule has 2 aromatic rings. The summed E-state index contributed by atoms with van der Waals surface area (Å²) in [7, 11) is 1.62. The Kier molecular flexibility index (Phi) is 4.53. The number of piperidine rings is 1. The summed E-state index contributed by atoms with van der Waals surface area (Å²) in [5.74, 6) is -0.146. The number of likely N-dealkylation sites (tertiary alicyclic amines) is 1. The Balaban J connectivity index is 2.00. The molecule has 1 atom stereocenters. The number of hydrogen-bond acceptors (Lipinski definition) is 5. The average Bonchev–Trinajstić information content (AvgIpc) is 2.90. The lowest BCUT2D eigenvalue weighted by Crippen LogP contribution is -2.47. The third-order valence-corrected chi connectivity index (χ3v) is 6.22. The van der Waals surface area contributed by atoms with Crippen LogP contribution in [-0.2, 0) is 5.41 Å². The van der Waals surface area contributed by atoms with Crippen LogP contribution in [0.5, 0.6) is 0 Å². The van der Waals surface area contributed by atoms with Gasteiger partial charge in [0.05, 0.1) is 5.69 Å². The number of aromatic nitrogens is 1. The SMILES string of the molecule is CNC(=O)c1sc2nc([C@@]3(C)CCCN(C(C)C)C3)ccc2c1N. The van der Waals surface area contributed by atoms with Crippen LogP contribution in [0.4, 0.5) is 5.69 Å². The molecule has 0 bridgehead atoms. The first-order valence-corrected chi connectivity index (χ1v) is 9.33. The molecule has 0 aromatic carbocycles. The summed E-state index contributed by atoms with van der Waals surface area (Å²) >= 11 is 1.38. The van der Waals surface area contributed by atoms with Crippen LogP contribution in [0.2, 0.25) is 0 Å². The summed E-state index contributed by atoms with van der Waals surface area (Å²) in [5.41, 5.74) is 7.82. The number of thiophene rings is 1. The van der Waals surface area contributed by atoms with Crippen molar-refractivity contribution in [3.63, 3.8) is 0 Å². The Hall–Kier alpha value is -1.66. The largest absolute Gasteiger partial charge is 0.397 e. The Morgan fingerprint density at radius 3 is 2.88 bits per heavy atom. The lowest BCUT2D eigenvalue weighted by molar-refractivity contribution is 0.0968. The van der Waals surface area contributed by atoms with Crippen molar-refractivity contribution in [3.05, 3.63) is 22.7 Å². The van der Waals surface area contributed by atoms with Crippen molar-refractivity contribution < 1.29 is 4.79 Å². The molecule has 2 aromatic heterocycles.